The van der Waals surface area contributed by atoms with E-state index in [4.69, 9.17) is 4.74 Å². The Hall–Kier alpha value is -0.610. The number of nitrogens with one attached hydrogen (secondary N) is 1. The highest BCUT2D eigenvalue weighted by atomic mass is 16.5. The molecule has 1 aliphatic carbocycles. The van der Waals surface area contributed by atoms with E-state index in [9.17, 15) is 4.79 Å². The lowest BCUT2D eigenvalue weighted by Gasteiger charge is -2.31. The molecule has 1 N–H and O–H groups in total. The van der Waals surface area contributed by atoms with Crippen LogP contribution in [-0.2, 0) is 9.53 Å². The summed E-state index contributed by atoms with van der Waals surface area (Å²) < 4.78 is 5.07. The number of nitrogens with zero attached hydrogens (tertiary/aromatic N) is 1. The molecule has 0 heterocycles. The number of methoxy groups -OCH3 is 1. The van der Waals surface area contributed by atoms with Crippen LogP contribution in [-0.4, -0.2) is 50.2 Å². The Morgan fingerprint density at radius 2 is 2.12 bits per heavy atom. The summed E-state index contributed by atoms with van der Waals surface area (Å²) in [5, 5.41) is 3.00. The van der Waals surface area contributed by atoms with Crippen molar-refractivity contribution in [2.75, 3.05) is 27.3 Å². The number of rotatable bonds is 7. The lowest BCUT2D eigenvalue weighted by atomic mass is 10.1. The molecule has 0 aromatic rings. The van der Waals surface area contributed by atoms with Crippen molar-refractivity contribution < 1.29 is 9.53 Å². The lowest BCUT2D eigenvalue weighted by molar-refractivity contribution is -0.136. The van der Waals surface area contributed by atoms with E-state index in [1.807, 2.05) is 18.9 Å². The van der Waals surface area contributed by atoms with E-state index >= 15 is 0 Å². The molecular weight excluding hydrogens is 204 g/mol. The number of carbonyl (C=O) groups is 1. The van der Waals surface area contributed by atoms with Crippen LogP contribution in [0.3, 0.4) is 0 Å². The van der Waals surface area contributed by atoms with Gasteiger partial charge in [-0.05, 0) is 39.7 Å². The smallest absolute Gasteiger partial charge is 0.239 e. The predicted octanol–water partition coefficient (Wildman–Crippen LogP) is 0.868. The van der Waals surface area contributed by atoms with Crippen LogP contribution in [0.4, 0.5) is 0 Å². The van der Waals surface area contributed by atoms with Gasteiger partial charge in [0.1, 0.15) is 0 Å². The van der Waals surface area contributed by atoms with Crippen LogP contribution in [0.25, 0.3) is 0 Å². The molecule has 94 valence electrons. The minimum Gasteiger partial charge on any atom is -0.383 e. The number of amides is 1. The summed E-state index contributed by atoms with van der Waals surface area (Å²) in [6.45, 7) is 5.35. The fraction of sp³-hybridized carbons (Fsp3) is 0.917. The number of carbonyl (C=O) groups excluding carboxylic acids is 1. The van der Waals surface area contributed by atoms with Crippen molar-refractivity contribution in [2.45, 2.75) is 38.8 Å². The van der Waals surface area contributed by atoms with Gasteiger partial charge in [0.15, 0.2) is 0 Å². The van der Waals surface area contributed by atoms with E-state index in [1.54, 1.807) is 7.11 Å². The molecule has 0 radical (unpaired) electrons. The third-order valence-corrected chi connectivity index (χ3v) is 3.42. The zero-order chi connectivity index (χ0) is 12.1. The molecule has 0 bridgehead atoms. The quantitative estimate of drug-likeness (QED) is 0.703. The molecule has 1 saturated carbocycles. The van der Waals surface area contributed by atoms with Crippen LogP contribution < -0.4 is 5.32 Å². The Kier molecular flexibility index (Phi) is 5.22. The fourth-order valence-electron chi connectivity index (χ4n) is 1.91. The third-order valence-electron chi connectivity index (χ3n) is 3.42. The Balaban J connectivity index is 2.57. The van der Waals surface area contributed by atoms with Gasteiger partial charge >= 0.3 is 0 Å². The van der Waals surface area contributed by atoms with Gasteiger partial charge in [-0.15, -0.1) is 0 Å². The van der Waals surface area contributed by atoms with E-state index in [0.717, 1.165) is 0 Å². The molecule has 4 nitrogen and oxygen atoms in total. The van der Waals surface area contributed by atoms with Gasteiger partial charge in [-0.1, -0.05) is 0 Å². The molecular formula is C12H24N2O2. The van der Waals surface area contributed by atoms with Crippen LogP contribution in [0.15, 0.2) is 0 Å². The van der Waals surface area contributed by atoms with E-state index in [2.05, 4.69) is 12.2 Å². The van der Waals surface area contributed by atoms with Crippen molar-refractivity contribution in [1.29, 1.82) is 0 Å². The van der Waals surface area contributed by atoms with Crippen LogP contribution >= 0.6 is 0 Å². The number of likely N-dealkylation sites (N-methyl/N-ethyl adjacent to an activating group) is 1. The number of hydrogen-bond donors (Lipinski definition) is 1. The Bertz CT molecular complexity index is 229. The SMILES string of the molecule is CNC(C)C(=O)N(CCOC)C(C)C1CC1. The third kappa shape index (κ3) is 3.46. The first-order chi connectivity index (χ1) is 7.61. The molecule has 0 saturated heterocycles. The van der Waals surface area contributed by atoms with Gasteiger partial charge < -0.3 is 15.0 Å². The molecule has 0 aliphatic heterocycles. The Morgan fingerprint density at radius 3 is 2.56 bits per heavy atom. The zero-order valence-electron chi connectivity index (χ0n) is 10.8. The van der Waals surface area contributed by atoms with Crippen LogP contribution in [0.2, 0.25) is 0 Å². The second-order valence-electron chi connectivity index (χ2n) is 4.61. The van der Waals surface area contributed by atoms with Crippen molar-refractivity contribution in [3.8, 4) is 0 Å². The van der Waals surface area contributed by atoms with Gasteiger partial charge in [-0.3, -0.25) is 4.79 Å². The summed E-state index contributed by atoms with van der Waals surface area (Å²) in [5.41, 5.74) is 0. The van der Waals surface area contributed by atoms with E-state index in [0.29, 0.717) is 25.1 Å². The van der Waals surface area contributed by atoms with Gasteiger partial charge in [0.05, 0.1) is 12.6 Å². The predicted molar refractivity (Wildman–Crippen MR) is 64.3 cm³/mol. The number of hydrogen-bond acceptors (Lipinski definition) is 3. The molecule has 1 amide bonds. The fourth-order valence-corrected chi connectivity index (χ4v) is 1.91. The summed E-state index contributed by atoms with van der Waals surface area (Å²) in [6.07, 6.45) is 2.51. The molecule has 16 heavy (non-hydrogen) atoms. The van der Waals surface area contributed by atoms with Gasteiger partial charge in [0, 0.05) is 19.7 Å². The van der Waals surface area contributed by atoms with E-state index < -0.39 is 0 Å². The van der Waals surface area contributed by atoms with Crippen molar-refractivity contribution >= 4 is 5.91 Å². The molecule has 1 aliphatic rings. The largest absolute Gasteiger partial charge is 0.383 e. The first-order valence-corrected chi connectivity index (χ1v) is 6.08. The molecule has 0 aromatic carbocycles. The molecule has 1 fully saturated rings. The van der Waals surface area contributed by atoms with Crippen LogP contribution in [0.1, 0.15) is 26.7 Å². The van der Waals surface area contributed by atoms with Crippen molar-refractivity contribution in [3.63, 3.8) is 0 Å². The van der Waals surface area contributed by atoms with Crippen molar-refractivity contribution in [2.24, 2.45) is 5.92 Å². The maximum Gasteiger partial charge on any atom is 0.239 e. The van der Waals surface area contributed by atoms with E-state index in [1.165, 1.54) is 12.8 Å². The monoisotopic (exact) mass is 228 g/mol. The molecule has 0 spiro atoms. The van der Waals surface area contributed by atoms with Crippen molar-refractivity contribution in [1.82, 2.24) is 10.2 Å². The number of ether oxygens (including phenoxy) is 1. The highest BCUT2D eigenvalue weighted by Crippen LogP contribution is 2.35. The highest BCUT2D eigenvalue weighted by Gasteiger charge is 2.35. The molecule has 1 rings (SSSR count). The minimum atomic E-state index is -0.113. The standard InChI is InChI=1S/C12H24N2O2/c1-9(13-3)12(15)14(7-8-16-4)10(2)11-5-6-11/h9-11,13H,5-8H2,1-4H3. The normalized spacial score (nSPS) is 19.2. The maximum atomic E-state index is 12.2. The summed E-state index contributed by atoms with van der Waals surface area (Å²) in [6, 6.07) is 0.233. The lowest BCUT2D eigenvalue weighted by Crippen LogP contribution is -2.49. The van der Waals surface area contributed by atoms with Gasteiger partial charge in [0.2, 0.25) is 5.91 Å². The van der Waals surface area contributed by atoms with Gasteiger partial charge in [-0.2, -0.15) is 0 Å². The summed E-state index contributed by atoms with van der Waals surface area (Å²) >= 11 is 0. The Morgan fingerprint density at radius 1 is 1.50 bits per heavy atom. The molecule has 4 heteroatoms. The van der Waals surface area contributed by atoms with E-state index in [-0.39, 0.29) is 11.9 Å². The second-order valence-corrected chi connectivity index (χ2v) is 4.61. The topological polar surface area (TPSA) is 41.6 Å². The molecule has 2 atom stereocenters. The molecule has 0 aromatic heterocycles. The second kappa shape index (κ2) is 6.21. The zero-order valence-corrected chi connectivity index (χ0v) is 10.8. The highest BCUT2D eigenvalue weighted by molar-refractivity contribution is 5.81. The van der Waals surface area contributed by atoms with Crippen LogP contribution in [0, 0.1) is 5.92 Å². The molecule has 2 unspecified atom stereocenters. The van der Waals surface area contributed by atoms with Gasteiger partial charge in [0.25, 0.3) is 0 Å². The average molecular weight is 228 g/mol. The minimum absolute atomic E-state index is 0.113. The van der Waals surface area contributed by atoms with Crippen molar-refractivity contribution in [3.05, 3.63) is 0 Å². The van der Waals surface area contributed by atoms with Gasteiger partial charge in [-0.25, -0.2) is 0 Å². The summed E-state index contributed by atoms with van der Waals surface area (Å²) in [4.78, 5) is 14.1. The Labute approximate surface area is 98.3 Å². The first kappa shape index (κ1) is 13.5. The summed E-state index contributed by atoms with van der Waals surface area (Å²) in [7, 11) is 3.49. The average Bonchev–Trinajstić information content (AvgIpc) is 3.11. The first-order valence-electron chi connectivity index (χ1n) is 6.08. The van der Waals surface area contributed by atoms with Crippen LogP contribution in [0.5, 0.6) is 0 Å². The summed E-state index contributed by atoms with van der Waals surface area (Å²) in [5.74, 6) is 0.879. The maximum absolute atomic E-state index is 12.2.